The van der Waals surface area contributed by atoms with Gasteiger partial charge in [0.15, 0.2) is 17.1 Å². The molecule has 50 heavy (non-hydrogen) atoms. The van der Waals surface area contributed by atoms with E-state index in [2.05, 4.69) is 115 Å². The number of para-hydroxylation sites is 3. The maximum atomic E-state index is 8.29. The lowest BCUT2D eigenvalue weighted by atomic mass is 9.91. The minimum absolute atomic E-state index is 0.536. The zero-order valence-electron chi connectivity index (χ0n) is 26.7. The molecule has 230 valence electrons. The molecule has 5 heteroatoms. The summed E-state index contributed by atoms with van der Waals surface area (Å²) in [7, 11) is 0. The van der Waals surface area contributed by atoms with Gasteiger partial charge in [-0.25, -0.2) is 14.5 Å². The predicted octanol–water partition coefficient (Wildman–Crippen LogP) is 12.9. The first-order chi connectivity index (χ1) is 24.7. The molecule has 9 rings (SSSR count). The standard InChI is InChI=1S/C45H25N5/c1-46-30-23-25-43-38(27-30)36-24-22-31(47-2)28-44(36)50(43)42-21-9-6-16-37(42)45-33(17-11-18-39(45)48-3)29-12-10-13-32(26-29)49-40-19-7-4-14-34(40)35-15-5-8-20-41(35)49/h4-28H. The third kappa shape index (κ3) is 4.31. The number of fused-ring (bicyclic) bond motifs is 6. The van der Waals surface area contributed by atoms with Crippen molar-refractivity contribution in [1.29, 1.82) is 0 Å². The van der Waals surface area contributed by atoms with Crippen molar-refractivity contribution in [1.82, 2.24) is 9.13 Å². The van der Waals surface area contributed by atoms with E-state index < -0.39 is 0 Å². The Kier molecular flexibility index (Phi) is 6.56. The molecule has 2 heterocycles. The Morgan fingerprint density at radius 1 is 0.400 bits per heavy atom. The second-order valence-electron chi connectivity index (χ2n) is 12.2. The molecule has 5 nitrogen and oxygen atoms in total. The molecule has 0 fully saturated rings. The van der Waals surface area contributed by atoms with Crippen molar-refractivity contribution in [2.75, 3.05) is 0 Å². The summed E-state index contributed by atoms with van der Waals surface area (Å²) in [6.07, 6.45) is 0. The molecule has 0 aliphatic carbocycles. The van der Waals surface area contributed by atoms with Crippen LogP contribution < -0.4 is 0 Å². The van der Waals surface area contributed by atoms with Gasteiger partial charge in [-0.15, -0.1) is 0 Å². The Morgan fingerprint density at radius 2 is 1.02 bits per heavy atom. The van der Waals surface area contributed by atoms with E-state index in [1.807, 2.05) is 60.7 Å². The Hall–Kier alpha value is -7.39. The van der Waals surface area contributed by atoms with Gasteiger partial charge >= 0.3 is 0 Å². The predicted molar refractivity (Wildman–Crippen MR) is 205 cm³/mol. The molecule has 0 spiro atoms. The molecule has 0 radical (unpaired) electrons. The molecule has 0 atom stereocenters. The van der Waals surface area contributed by atoms with E-state index in [4.69, 9.17) is 19.7 Å². The van der Waals surface area contributed by atoms with Crippen LogP contribution in [0.2, 0.25) is 0 Å². The number of benzene rings is 7. The molecule has 0 unspecified atom stereocenters. The largest absolute Gasteiger partial charge is 0.310 e. The summed E-state index contributed by atoms with van der Waals surface area (Å²) in [6, 6.07) is 51.1. The van der Waals surface area contributed by atoms with Gasteiger partial charge in [0.1, 0.15) is 0 Å². The summed E-state index contributed by atoms with van der Waals surface area (Å²) < 4.78 is 4.48. The summed E-state index contributed by atoms with van der Waals surface area (Å²) in [5, 5.41) is 4.31. The first-order valence-electron chi connectivity index (χ1n) is 16.2. The van der Waals surface area contributed by atoms with Gasteiger partial charge in [0.05, 0.1) is 42.0 Å². The fourth-order valence-electron chi connectivity index (χ4n) is 7.45. The highest BCUT2D eigenvalue weighted by Gasteiger charge is 2.21. The van der Waals surface area contributed by atoms with Crippen LogP contribution in [0, 0.1) is 19.7 Å². The molecule has 0 aliphatic rings. The highest BCUT2D eigenvalue weighted by molar-refractivity contribution is 6.12. The smallest absolute Gasteiger partial charge is 0.195 e. The maximum absolute atomic E-state index is 8.29. The van der Waals surface area contributed by atoms with Crippen molar-refractivity contribution in [2.45, 2.75) is 0 Å². The van der Waals surface area contributed by atoms with E-state index in [-0.39, 0.29) is 0 Å². The van der Waals surface area contributed by atoms with Gasteiger partial charge in [-0.2, -0.15) is 0 Å². The average Bonchev–Trinajstić information content (AvgIpc) is 3.69. The summed E-state index contributed by atoms with van der Waals surface area (Å²) in [4.78, 5) is 11.5. The van der Waals surface area contributed by atoms with Gasteiger partial charge in [0, 0.05) is 27.4 Å². The van der Waals surface area contributed by atoms with Gasteiger partial charge in [-0.1, -0.05) is 103 Å². The lowest BCUT2D eigenvalue weighted by Crippen LogP contribution is -1.99. The number of hydrogen-bond acceptors (Lipinski definition) is 0. The van der Waals surface area contributed by atoms with Gasteiger partial charge in [0.2, 0.25) is 0 Å². The van der Waals surface area contributed by atoms with Crippen LogP contribution in [0.1, 0.15) is 0 Å². The van der Waals surface area contributed by atoms with Crippen LogP contribution in [0.4, 0.5) is 17.1 Å². The third-order valence-corrected chi connectivity index (χ3v) is 9.56. The van der Waals surface area contributed by atoms with Gasteiger partial charge in [-0.3, -0.25) is 0 Å². The van der Waals surface area contributed by atoms with E-state index in [0.717, 1.165) is 66.5 Å². The number of nitrogens with zero attached hydrogens (tertiary/aromatic N) is 5. The Bertz CT molecular complexity index is 2920. The second-order valence-corrected chi connectivity index (χ2v) is 12.2. The van der Waals surface area contributed by atoms with E-state index in [1.165, 1.54) is 10.8 Å². The van der Waals surface area contributed by atoms with Crippen molar-refractivity contribution in [3.8, 4) is 33.6 Å². The molecule has 2 aromatic heterocycles. The number of aromatic nitrogens is 2. The summed E-state index contributed by atoms with van der Waals surface area (Å²) in [5.74, 6) is 0. The number of rotatable bonds is 4. The van der Waals surface area contributed by atoms with E-state index in [1.54, 1.807) is 0 Å². The van der Waals surface area contributed by atoms with Crippen molar-refractivity contribution in [3.05, 3.63) is 186 Å². The Labute approximate surface area is 288 Å². The van der Waals surface area contributed by atoms with Crippen molar-refractivity contribution < 1.29 is 0 Å². The maximum Gasteiger partial charge on any atom is 0.195 e. The van der Waals surface area contributed by atoms with Gasteiger partial charge in [0.25, 0.3) is 0 Å². The molecular weight excluding hydrogens is 611 g/mol. The van der Waals surface area contributed by atoms with E-state index in [9.17, 15) is 0 Å². The van der Waals surface area contributed by atoms with Crippen molar-refractivity contribution >= 4 is 60.7 Å². The molecule has 0 amide bonds. The normalized spacial score (nSPS) is 11.1. The molecule has 0 saturated carbocycles. The lowest BCUT2D eigenvalue weighted by molar-refractivity contribution is 1.18. The fraction of sp³-hybridized carbons (Fsp3) is 0. The zero-order valence-corrected chi connectivity index (χ0v) is 26.7. The van der Waals surface area contributed by atoms with Crippen LogP contribution in [0.3, 0.4) is 0 Å². The molecular formula is C45H25N5. The van der Waals surface area contributed by atoms with Crippen molar-refractivity contribution in [2.24, 2.45) is 0 Å². The fourth-order valence-corrected chi connectivity index (χ4v) is 7.45. The molecule has 9 aromatic rings. The second kappa shape index (κ2) is 11.4. The lowest BCUT2D eigenvalue weighted by Gasteiger charge is -2.19. The quantitative estimate of drug-likeness (QED) is 0.172. The minimum Gasteiger partial charge on any atom is -0.310 e. The van der Waals surface area contributed by atoms with Crippen LogP contribution >= 0.6 is 0 Å². The minimum atomic E-state index is 0.536. The summed E-state index contributed by atoms with van der Waals surface area (Å²) in [5.41, 5.74) is 11.3. The zero-order chi connectivity index (χ0) is 33.8. The first-order valence-corrected chi connectivity index (χ1v) is 16.2. The first kappa shape index (κ1) is 28.8. The summed E-state index contributed by atoms with van der Waals surface area (Å²) >= 11 is 0. The number of hydrogen-bond donors (Lipinski definition) is 0. The Morgan fingerprint density at radius 3 is 1.78 bits per heavy atom. The highest BCUT2D eigenvalue weighted by Crippen LogP contribution is 2.45. The van der Waals surface area contributed by atoms with E-state index in [0.29, 0.717) is 17.1 Å². The molecule has 0 saturated heterocycles. The Balaban J connectivity index is 1.31. The van der Waals surface area contributed by atoms with Crippen LogP contribution in [0.25, 0.3) is 91.8 Å². The van der Waals surface area contributed by atoms with Crippen LogP contribution in [0.15, 0.2) is 152 Å². The van der Waals surface area contributed by atoms with Crippen LogP contribution in [0.5, 0.6) is 0 Å². The third-order valence-electron chi connectivity index (χ3n) is 9.56. The topological polar surface area (TPSA) is 22.9 Å². The van der Waals surface area contributed by atoms with Crippen LogP contribution in [-0.2, 0) is 0 Å². The molecule has 0 N–H and O–H groups in total. The molecule has 7 aromatic carbocycles. The highest BCUT2D eigenvalue weighted by atomic mass is 15.0. The average molecular weight is 636 g/mol. The van der Waals surface area contributed by atoms with E-state index >= 15 is 0 Å². The van der Waals surface area contributed by atoms with Gasteiger partial charge in [-0.05, 0) is 76.2 Å². The van der Waals surface area contributed by atoms with Gasteiger partial charge < -0.3 is 9.13 Å². The van der Waals surface area contributed by atoms with Crippen molar-refractivity contribution in [3.63, 3.8) is 0 Å². The SMILES string of the molecule is [C-]#[N+]c1ccc2c(c1)c1ccc([N+]#[C-])cc1n2-c1ccccc1-c1c([N+]#[C-])cccc1-c1cccc(-n2c3ccccc3c3ccccc32)c1. The van der Waals surface area contributed by atoms with Crippen LogP contribution in [-0.4, -0.2) is 9.13 Å². The monoisotopic (exact) mass is 635 g/mol. The summed E-state index contributed by atoms with van der Waals surface area (Å²) in [6.45, 7) is 23.7. The molecule has 0 aliphatic heterocycles. The molecule has 0 bridgehead atoms.